The molecule has 1 aromatic rings. The summed E-state index contributed by atoms with van der Waals surface area (Å²) >= 11 is 0. The average Bonchev–Trinajstić information content (AvgIpc) is 3.25. The molecule has 0 aliphatic carbocycles. The molecule has 0 bridgehead atoms. The quantitative estimate of drug-likeness (QED) is 0.777. The van der Waals surface area contributed by atoms with Gasteiger partial charge in [0.2, 0.25) is 0 Å². The Morgan fingerprint density at radius 2 is 2.19 bits per heavy atom. The summed E-state index contributed by atoms with van der Waals surface area (Å²) in [5, 5.41) is 10.9. The molecular formula is C15H19N5O. The van der Waals surface area contributed by atoms with Crippen LogP contribution in [0.3, 0.4) is 0 Å². The highest BCUT2D eigenvalue weighted by Gasteiger charge is 2.38. The van der Waals surface area contributed by atoms with Crippen LogP contribution in [-0.2, 0) is 0 Å². The highest BCUT2D eigenvalue weighted by atomic mass is 16.1. The highest BCUT2D eigenvalue weighted by molar-refractivity contribution is 5.93. The zero-order chi connectivity index (χ0) is 15.3. The van der Waals surface area contributed by atoms with E-state index in [1.165, 1.54) is 0 Å². The number of carbonyl (C=O) groups excluding carboxylic acids is 1. The maximum absolute atomic E-state index is 12.1. The van der Waals surface area contributed by atoms with E-state index in [1.54, 1.807) is 12.3 Å². The van der Waals surface area contributed by atoms with Crippen molar-refractivity contribution in [2.24, 2.45) is 10.2 Å². The van der Waals surface area contributed by atoms with Crippen molar-refractivity contribution in [3.63, 3.8) is 0 Å². The van der Waals surface area contributed by atoms with Crippen LogP contribution in [0.4, 0.5) is 5.69 Å². The van der Waals surface area contributed by atoms with E-state index in [-0.39, 0.29) is 11.6 Å². The van der Waals surface area contributed by atoms with Gasteiger partial charge in [-0.05, 0) is 12.1 Å². The number of amides is 1. The lowest BCUT2D eigenvalue weighted by Crippen LogP contribution is -2.29. The molecule has 0 radical (unpaired) electrons. The summed E-state index contributed by atoms with van der Waals surface area (Å²) in [5.74, 6) is 2.40. The lowest BCUT2D eigenvalue weighted by Gasteiger charge is -2.13. The molecule has 0 spiro atoms. The van der Waals surface area contributed by atoms with Crippen LogP contribution in [0.2, 0.25) is 0 Å². The smallest absolute Gasteiger partial charge is 0.269 e. The number of hydrogen-bond donors (Lipinski definition) is 1. The van der Waals surface area contributed by atoms with Crippen molar-refractivity contribution in [3.05, 3.63) is 24.0 Å². The van der Waals surface area contributed by atoms with Crippen LogP contribution in [-0.4, -0.2) is 37.2 Å². The second-order valence-corrected chi connectivity index (χ2v) is 5.19. The standard InChI is InChI=1S/C15H19N5O/c1-4-5-7-15(18-19-15)8-10-17-14(21)13-11-12(20(2)3)6-9-16-13/h1,6,9,11H,5,7-8,10H2,2-3H3,(H,17,21). The Kier molecular flexibility index (Phi) is 4.53. The predicted octanol–water partition coefficient (Wildman–Crippen LogP) is 1.84. The van der Waals surface area contributed by atoms with E-state index in [9.17, 15) is 4.79 Å². The minimum atomic E-state index is -0.363. The molecule has 0 saturated heterocycles. The molecule has 1 aliphatic heterocycles. The third-order valence-corrected chi connectivity index (χ3v) is 3.36. The third kappa shape index (κ3) is 4.02. The Morgan fingerprint density at radius 3 is 2.81 bits per heavy atom. The molecule has 21 heavy (non-hydrogen) atoms. The third-order valence-electron chi connectivity index (χ3n) is 3.36. The molecule has 0 aromatic carbocycles. The van der Waals surface area contributed by atoms with Gasteiger partial charge < -0.3 is 10.2 Å². The van der Waals surface area contributed by atoms with E-state index < -0.39 is 0 Å². The molecule has 110 valence electrons. The molecule has 1 aromatic heterocycles. The molecule has 1 aliphatic rings. The van der Waals surface area contributed by atoms with Crippen LogP contribution < -0.4 is 10.2 Å². The number of carbonyl (C=O) groups is 1. The number of aromatic nitrogens is 1. The molecule has 0 unspecified atom stereocenters. The van der Waals surface area contributed by atoms with Gasteiger partial charge in [-0.25, -0.2) is 0 Å². The van der Waals surface area contributed by atoms with Gasteiger partial charge in [0.15, 0.2) is 5.66 Å². The molecule has 2 heterocycles. The molecular weight excluding hydrogens is 266 g/mol. The van der Waals surface area contributed by atoms with E-state index in [4.69, 9.17) is 6.42 Å². The maximum atomic E-state index is 12.1. The summed E-state index contributed by atoms with van der Waals surface area (Å²) in [6, 6.07) is 3.61. The van der Waals surface area contributed by atoms with E-state index in [0.29, 0.717) is 25.1 Å². The Balaban J connectivity index is 1.82. The fourth-order valence-electron chi connectivity index (χ4n) is 1.96. The number of nitrogens with one attached hydrogen (secondary N) is 1. The van der Waals surface area contributed by atoms with Crippen molar-refractivity contribution in [2.75, 3.05) is 25.5 Å². The topological polar surface area (TPSA) is 70.0 Å². The van der Waals surface area contributed by atoms with Crippen LogP contribution in [0.5, 0.6) is 0 Å². The predicted molar refractivity (Wildman–Crippen MR) is 81.2 cm³/mol. The molecule has 0 fully saturated rings. The second-order valence-electron chi connectivity index (χ2n) is 5.19. The second kappa shape index (κ2) is 6.35. The summed E-state index contributed by atoms with van der Waals surface area (Å²) in [4.78, 5) is 18.1. The molecule has 0 saturated carbocycles. The normalized spacial score (nSPS) is 14.3. The van der Waals surface area contributed by atoms with Gasteiger partial charge in [0, 0.05) is 51.8 Å². The van der Waals surface area contributed by atoms with Crippen molar-refractivity contribution in [1.29, 1.82) is 0 Å². The summed E-state index contributed by atoms with van der Waals surface area (Å²) in [7, 11) is 3.84. The van der Waals surface area contributed by atoms with Crippen LogP contribution in [0, 0.1) is 12.3 Å². The van der Waals surface area contributed by atoms with Crippen molar-refractivity contribution in [2.45, 2.75) is 24.9 Å². The van der Waals surface area contributed by atoms with Gasteiger partial charge in [0.05, 0.1) is 0 Å². The minimum Gasteiger partial charge on any atom is -0.378 e. The first-order valence-electron chi connectivity index (χ1n) is 6.85. The molecule has 1 N–H and O–H groups in total. The van der Waals surface area contributed by atoms with Crippen LogP contribution >= 0.6 is 0 Å². The fraction of sp³-hybridized carbons (Fsp3) is 0.467. The lowest BCUT2D eigenvalue weighted by molar-refractivity contribution is 0.0947. The Morgan fingerprint density at radius 1 is 1.43 bits per heavy atom. The molecule has 6 heteroatoms. The minimum absolute atomic E-state index is 0.188. The largest absolute Gasteiger partial charge is 0.378 e. The fourth-order valence-corrected chi connectivity index (χ4v) is 1.96. The summed E-state index contributed by atoms with van der Waals surface area (Å²) in [5.41, 5.74) is 0.981. The number of pyridine rings is 1. The van der Waals surface area contributed by atoms with Crippen molar-refractivity contribution in [1.82, 2.24) is 10.3 Å². The Bertz CT molecular complexity index is 582. The first-order valence-corrected chi connectivity index (χ1v) is 6.85. The molecule has 1 amide bonds. The van der Waals surface area contributed by atoms with E-state index in [1.807, 2.05) is 25.1 Å². The van der Waals surface area contributed by atoms with Crippen molar-refractivity contribution >= 4 is 11.6 Å². The SMILES string of the molecule is C#CCCC1(CCNC(=O)c2cc(N(C)C)ccn2)N=N1. The number of terminal acetylenes is 1. The monoisotopic (exact) mass is 285 g/mol. The van der Waals surface area contributed by atoms with Crippen LogP contribution in [0.1, 0.15) is 29.8 Å². The molecule has 6 nitrogen and oxygen atoms in total. The van der Waals surface area contributed by atoms with Gasteiger partial charge in [-0.3, -0.25) is 9.78 Å². The lowest BCUT2D eigenvalue weighted by atomic mass is 10.0. The molecule has 0 atom stereocenters. The number of rotatable bonds is 7. The van der Waals surface area contributed by atoms with E-state index >= 15 is 0 Å². The van der Waals surface area contributed by atoms with Gasteiger partial charge in [0.1, 0.15) is 5.69 Å². The first kappa shape index (κ1) is 15.0. The zero-order valence-corrected chi connectivity index (χ0v) is 12.3. The summed E-state index contributed by atoms with van der Waals surface area (Å²) in [6.45, 7) is 0.504. The average molecular weight is 285 g/mol. The number of nitrogens with zero attached hydrogens (tertiary/aromatic N) is 4. The summed E-state index contributed by atoms with van der Waals surface area (Å²) in [6.07, 6.45) is 8.93. The van der Waals surface area contributed by atoms with Crippen LogP contribution in [0.15, 0.2) is 28.6 Å². The highest BCUT2D eigenvalue weighted by Crippen LogP contribution is 2.36. The zero-order valence-electron chi connectivity index (χ0n) is 12.3. The van der Waals surface area contributed by atoms with Crippen LogP contribution in [0.25, 0.3) is 0 Å². The first-order chi connectivity index (χ1) is 10.1. The molecule has 2 rings (SSSR count). The van der Waals surface area contributed by atoms with Gasteiger partial charge in [0.25, 0.3) is 5.91 Å². The number of anilines is 1. The van der Waals surface area contributed by atoms with Gasteiger partial charge in [-0.2, -0.15) is 10.2 Å². The van der Waals surface area contributed by atoms with Crippen molar-refractivity contribution < 1.29 is 4.79 Å². The Labute approximate surface area is 124 Å². The number of hydrogen-bond acceptors (Lipinski definition) is 5. The summed E-state index contributed by atoms with van der Waals surface area (Å²) < 4.78 is 0. The van der Waals surface area contributed by atoms with Gasteiger partial charge in [-0.1, -0.05) is 0 Å². The maximum Gasteiger partial charge on any atom is 0.269 e. The van der Waals surface area contributed by atoms with Crippen molar-refractivity contribution in [3.8, 4) is 12.3 Å². The van der Waals surface area contributed by atoms with Gasteiger partial charge in [-0.15, -0.1) is 12.3 Å². The Hall–Kier alpha value is -2.42. The van der Waals surface area contributed by atoms with E-state index in [0.717, 1.165) is 12.1 Å². The van der Waals surface area contributed by atoms with E-state index in [2.05, 4.69) is 26.4 Å². The van der Waals surface area contributed by atoms with Gasteiger partial charge >= 0.3 is 0 Å².